The van der Waals surface area contributed by atoms with E-state index in [0.717, 1.165) is 26.2 Å². The fourth-order valence-electron chi connectivity index (χ4n) is 4.36. The Morgan fingerprint density at radius 1 is 1.13 bits per heavy atom. The monoisotopic (exact) mass is 412 g/mol. The Labute approximate surface area is 176 Å². The van der Waals surface area contributed by atoms with Crippen LogP contribution >= 0.6 is 0 Å². The first-order valence-electron chi connectivity index (χ1n) is 10.7. The van der Waals surface area contributed by atoms with Crippen molar-refractivity contribution in [3.05, 3.63) is 47.4 Å². The van der Waals surface area contributed by atoms with Crippen LogP contribution in [0.15, 0.2) is 30.5 Å². The number of hydrogen-bond acceptors (Lipinski definition) is 6. The summed E-state index contributed by atoms with van der Waals surface area (Å²) in [7, 11) is 0. The number of nitrogens with two attached hydrogens (primary N) is 1. The van der Waals surface area contributed by atoms with Crippen LogP contribution in [0.2, 0.25) is 0 Å². The number of carbonyl (C=O) groups is 1. The summed E-state index contributed by atoms with van der Waals surface area (Å²) >= 11 is 0. The van der Waals surface area contributed by atoms with Gasteiger partial charge in [0.2, 0.25) is 5.95 Å². The van der Waals surface area contributed by atoms with Crippen LogP contribution in [0, 0.1) is 5.82 Å². The number of halogens is 1. The summed E-state index contributed by atoms with van der Waals surface area (Å²) in [5.41, 5.74) is 6.67. The highest BCUT2D eigenvalue weighted by Gasteiger charge is 2.26. The van der Waals surface area contributed by atoms with Gasteiger partial charge in [0.25, 0.3) is 5.91 Å². The predicted molar refractivity (Wildman–Crippen MR) is 115 cm³/mol. The van der Waals surface area contributed by atoms with Crippen molar-refractivity contribution >= 4 is 17.7 Å². The van der Waals surface area contributed by atoms with Crippen molar-refractivity contribution < 1.29 is 9.18 Å². The minimum absolute atomic E-state index is 0.0792. The van der Waals surface area contributed by atoms with Crippen LogP contribution < -0.4 is 16.0 Å². The molecular weight excluding hydrogens is 383 g/mol. The number of piperazine rings is 1. The number of aromatic nitrogens is 2. The lowest BCUT2D eigenvalue weighted by atomic mass is 9.94. The molecule has 0 radical (unpaired) electrons. The number of benzene rings is 1. The zero-order valence-electron chi connectivity index (χ0n) is 17.2. The summed E-state index contributed by atoms with van der Waals surface area (Å²) in [4.78, 5) is 25.9. The molecule has 1 aromatic carbocycles. The second kappa shape index (κ2) is 9.38. The highest BCUT2D eigenvalue weighted by molar-refractivity contribution is 5.98. The fraction of sp³-hybridized carbons (Fsp3) is 0.500. The van der Waals surface area contributed by atoms with Crippen LogP contribution in [0.3, 0.4) is 0 Å². The van der Waals surface area contributed by atoms with Gasteiger partial charge in [-0.25, -0.2) is 9.37 Å². The van der Waals surface area contributed by atoms with Crippen LogP contribution in [-0.4, -0.2) is 53.0 Å². The van der Waals surface area contributed by atoms with Gasteiger partial charge in [-0.1, -0.05) is 37.5 Å². The largest absolute Gasteiger partial charge is 0.383 e. The molecule has 1 amide bonds. The molecule has 2 fully saturated rings. The molecule has 0 atom stereocenters. The highest BCUT2D eigenvalue weighted by atomic mass is 19.1. The summed E-state index contributed by atoms with van der Waals surface area (Å²) in [5, 5.41) is 2.68. The van der Waals surface area contributed by atoms with Crippen molar-refractivity contribution in [2.45, 2.75) is 44.7 Å². The molecular formula is C22H29FN6O. The number of nitrogens with zero attached hydrogens (tertiary/aromatic N) is 4. The molecule has 1 saturated heterocycles. The van der Waals surface area contributed by atoms with Gasteiger partial charge in [-0.05, 0) is 18.9 Å². The fourth-order valence-corrected chi connectivity index (χ4v) is 4.36. The van der Waals surface area contributed by atoms with Crippen LogP contribution in [-0.2, 0) is 6.54 Å². The Morgan fingerprint density at radius 2 is 1.87 bits per heavy atom. The zero-order valence-corrected chi connectivity index (χ0v) is 17.2. The maximum Gasteiger partial charge on any atom is 0.256 e. The van der Waals surface area contributed by atoms with Crippen molar-refractivity contribution in [1.29, 1.82) is 0 Å². The zero-order chi connectivity index (χ0) is 20.9. The van der Waals surface area contributed by atoms with Crippen molar-refractivity contribution in [3.63, 3.8) is 0 Å². The van der Waals surface area contributed by atoms with E-state index in [-0.39, 0.29) is 23.7 Å². The first kappa shape index (κ1) is 20.5. The SMILES string of the molecule is Nc1nc(N2CCN(C3CCCCC3)CC2)ncc1C(=O)NCc1ccccc1F. The van der Waals surface area contributed by atoms with E-state index in [2.05, 4.69) is 25.1 Å². The van der Waals surface area contributed by atoms with Gasteiger partial charge in [0, 0.05) is 50.5 Å². The molecule has 3 N–H and O–H groups in total. The van der Waals surface area contributed by atoms with E-state index in [1.807, 2.05) is 0 Å². The third kappa shape index (κ3) is 4.70. The van der Waals surface area contributed by atoms with Gasteiger partial charge in [-0.3, -0.25) is 9.69 Å². The number of amides is 1. The summed E-state index contributed by atoms with van der Waals surface area (Å²) in [5.74, 6) is -0.0728. The second-order valence-corrected chi connectivity index (χ2v) is 8.06. The molecule has 160 valence electrons. The molecule has 0 unspecified atom stereocenters. The summed E-state index contributed by atoms with van der Waals surface area (Å²) < 4.78 is 13.7. The van der Waals surface area contributed by atoms with E-state index in [0.29, 0.717) is 17.6 Å². The van der Waals surface area contributed by atoms with Gasteiger partial charge in [0.15, 0.2) is 0 Å². The predicted octanol–water partition coefficient (Wildman–Crippen LogP) is 2.58. The normalized spacial score (nSPS) is 18.4. The third-order valence-electron chi connectivity index (χ3n) is 6.14. The molecule has 7 nitrogen and oxygen atoms in total. The standard InChI is InChI=1S/C22H29FN6O/c23-19-9-5-4-6-16(19)14-25-21(30)18-15-26-22(27-20(18)24)29-12-10-28(11-13-29)17-7-2-1-3-8-17/h4-6,9,15,17H,1-3,7-8,10-14H2,(H,25,30)(H2,24,26,27). The van der Waals surface area contributed by atoms with Crippen LogP contribution in [0.4, 0.5) is 16.2 Å². The quantitative estimate of drug-likeness (QED) is 0.785. The van der Waals surface area contributed by atoms with E-state index in [4.69, 9.17) is 5.73 Å². The van der Waals surface area contributed by atoms with E-state index in [9.17, 15) is 9.18 Å². The van der Waals surface area contributed by atoms with Gasteiger partial charge in [0.05, 0.1) is 5.56 Å². The summed E-state index contributed by atoms with van der Waals surface area (Å²) in [6.45, 7) is 3.79. The first-order valence-corrected chi connectivity index (χ1v) is 10.7. The smallest absolute Gasteiger partial charge is 0.256 e. The molecule has 0 spiro atoms. The van der Waals surface area contributed by atoms with Gasteiger partial charge >= 0.3 is 0 Å². The molecule has 30 heavy (non-hydrogen) atoms. The van der Waals surface area contributed by atoms with Gasteiger partial charge in [-0.2, -0.15) is 4.98 Å². The molecule has 1 aromatic heterocycles. The average molecular weight is 413 g/mol. The van der Waals surface area contributed by atoms with Crippen LogP contribution in [0.1, 0.15) is 48.0 Å². The molecule has 2 aromatic rings. The molecule has 2 aliphatic rings. The molecule has 0 bridgehead atoms. The number of hydrogen-bond donors (Lipinski definition) is 2. The minimum atomic E-state index is -0.413. The molecule has 2 heterocycles. The molecule has 1 saturated carbocycles. The van der Waals surface area contributed by atoms with Gasteiger partial charge in [0.1, 0.15) is 11.6 Å². The van der Waals surface area contributed by atoms with E-state index >= 15 is 0 Å². The van der Waals surface area contributed by atoms with Gasteiger partial charge < -0.3 is 16.0 Å². The lowest BCUT2D eigenvalue weighted by Gasteiger charge is -2.40. The molecule has 4 rings (SSSR count). The maximum absolute atomic E-state index is 13.7. The van der Waals surface area contributed by atoms with Crippen LogP contribution in [0.25, 0.3) is 0 Å². The summed E-state index contributed by atoms with van der Waals surface area (Å²) in [6.07, 6.45) is 8.11. The lowest BCUT2D eigenvalue weighted by Crippen LogP contribution is -2.51. The average Bonchev–Trinajstić information content (AvgIpc) is 2.79. The molecule has 8 heteroatoms. The van der Waals surface area contributed by atoms with Crippen molar-refractivity contribution in [3.8, 4) is 0 Å². The Bertz CT molecular complexity index is 878. The Hall–Kier alpha value is -2.74. The minimum Gasteiger partial charge on any atom is -0.383 e. The lowest BCUT2D eigenvalue weighted by molar-refractivity contribution is 0.0951. The molecule has 1 aliphatic carbocycles. The number of carbonyl (C=O) groups excluding carboxylic acids is 1. The van der Waals surface area contributed by atoms with Gasteiger partial charge in [-0.15, -0.1) is 0 Å². The third-order valence-corrected chi connectivity index (χ3v) is 6.14. The highest BCUT2D eigenvalue weighted by Crippen LogP contribution is 2.24. The Balaban J connectivity index is 1.34. The Morgan fingerprint density at radius 3 is 2.57 bits per heavy atom. The first-order chi connectivity index (χ1) is 14.6. The number of nitrogens with one attached hydrogen (secondary N) is 1. The number of rotatable bonds is 5. The number of anilines is 2. The maximum atomic E-state index is 13.7. The van der Waals surface area contributed by atoms with E-state index in [1.54, 1.807) is 18.2 Å². The van der Waals surface area contributed by atoms with Crippen molar-refractivity contribution in [1.82, 2.24) is 20.2 Å². The Kier molecular flexibility index (Phi) is 6.42. The van der Waals surface area contributed by atoms with Crippen molar-refractivity contribution in [2.75, 3.05) is 36.8 Å². The van der Waals surface area contributed by atoms with E-state index < -0.39 is 5.91 Å². The van der Waals surface area contributed by atoms with Crippen molar-refractivity contribution in [2.24, 2.45) is 0 Å². The topological polar surface area (TPSA) is 87.4 Å². The number of nitrogen functional groups attached to an aromatic ring is 1. The van der Waals surface area contributed by atoms with Crippen LogP contribution in [0.5, 0.6) is 0 Å². The second-order valence-electron chi connectivity index (χ2n) is 8.06. The molecule has 1 aliphatic heterocycles. The summed E-state index contributed by atoms with van der Waals surface area (Å²) in [6, 6.07) is 7.05. The van der Waals surface area contributed by atoms with E-state index in [1.165, 1.54) is 44.4 Å².